The van der Waals surface area contributed by atoms with Gasteiger partial charge < -0.3 is 19.5 Å². The minimum Gasteiger partial charge on any atom is -0.450 e. The molecule has 1 spiro atoms. The lowest BCUT2D eigenvalue weighted by Crippen LogP contribution is -2.64. The largest absolute Gasteiger partial charge is 0.450 e. The first kappa shape index (κ1) is 12.6. The monoisotopic (exact) mass is 243 g/mol. The molecular formula is C12H21NO4. The predicted octanol–water partition coefficient (Wildman–Crippen LogP) is 1.81. The van der Waals surface area contributed by atoms with Crippen LogP contribution in [0.4, 0.5) is 4.79 Å². The Balaban J connectivity index is 2.10. The van der Waals surface area contributed by atoms with Crippen molar-refractivity contribution in [2.24, 2.45) is 0 Å². The topological polar surface area (TPSA) is 56.8 Å². The van der Waals surface area contributed by atoms with Crippen LogP contribution in [0, 0.1) is 0 Å². The van der Waals surface area contributed by atoms with Crippen LogP contribution in [0.25, 0.3) is 0 Å². The first-order chi connectivity index (χ1) is 8.12. The smallest absolute Gasteiger partial charge is 0.407 e. The van der Waals surface area contributed by atoms with E-state index in [1.165, 1.54) is 0 Å². The van der Waals surface area contributed by atoms with Gasteiger partial charge in [-0.2, -0.15) is 0 Å². The van der Waals surface area contributed by atoms with Crippen LogP contribution in [0.5, 0.6) is 0 Å². The Hall–Kier alpha value is -0.810. The van der Waals surface area contributed by atoms with Crippen molar-refractivity contribution in [1.29, 1.82) is 0 Å². The third-order valence-corrected chi connectivity index (χ3v) is 3.68. The minimum absolute atomic E-state index is 0.372. The Morgan fingerprint density at radius 3 is 2.59 bits per heavy atom. The van der Waals surface area contributed by atoms with Crippen LogP contribution in [-0.2, 0) is 14.2 Å². The van der Waals surface area contributed by atoms with Gasteiger partial charge >= 0.3 is 6.09 Å². The van der Waals surface area contributed by atoms with Crippen molar-refractivity contribution in [3.63, 3.8) is 0 Å². The third-order valence-electron chi connectivity index (χ3n) is 3.68. The fourth-order valence-corrected chi connectivity index (χ4v) is 2.77. The summed E-state index contributed by atoms with van der Waals surface area (Å²) in [5, 5.41) is 2.92. The molecule has 5 heteroatoms. The van der Waals surface area contributed by atoms with Crippen molar-refractivity contribution >= 4 is 6.09 Å². The van der Waals surface area contributed by atoms with Crippen molar-refractivity contribution in [2.75, 3.05) is 19.8 Å². The number of rotatable bonds is 2. The van der Waals surface area contributed by atoms with Crippen LogP contribution < -0.4 is 5.32 Å². The fraction of sp³-hybridized carbons (Fsp3) is 0.917. The van der Waals surface area contributed by atoms with Crippen molar-refractivity contribution in [2.45, 2.75) is 50.9 Å². The highest BCUT2D eigenvalue weighted by atomic mass is 16.7. The van der Waals surface area contributed by atoms with E-state index in [1.54, 1.807) is 6.92 Å². The van der Waals surface area contributed by atoms with Gasteiger partial charge in [0.05, 0.1) is 25.4 Å². The number of nitrogens with one attached hydrogen (secondary N) is 1. The van der Waals surface area contributed by atoms with E-state index in [4.69, 9.17) is 14.2 Å². The summed E-state index contributed by atoms with van der Waals surface area (Å²) in [7, 11) is 0. The zero-order valence-electron chi connectivity index (χ0n) is 10.6. The number of carbonyl (C=O) groups excluding carboxylic acids is 1. The van der Waals surface area contributed by atoms with E-state index < -0.39 is 17.4 Å². The molecule has 17 heavy (non-hydrogen) atoms. The van der Waals surface area contributed by atoms with Crippen LogP contribution in [0.2, 0.25) is 0 Å². The van der Waals surface area contributed by atoms with Crippen molar-refractivity contribution in [1.82, 2.24) is 5.32 Å². The number of hydrogen-bond donors (Lipinski definition) is 1. The van der Waals surface area contributed by atoms with Gasteiger partial charge in [0.1, 0.15) is 0 Å². The Morgan fingerprint density at radius 1 is 1.29 bits per heavy atom. The fourth-order valence-electron chi connectivity index (χ4n) is 2.77. The summed E-state index contributed by atoms with van der Waals surface area (Å²) in [6, 6.07) is 0. The molecule has 1 saturated carbocycles. The Kier molecular flexibility index (Phi) is 3.58. The molecule has 1 aliphatic carbocycles. The maximum Gasteiger partial charge on any atom is 0.407 e. The van der Waals surface area contributed by atoms with Gasteiger partial charge in [0.25, 0.3) is 0 Å². The van der Waals surface area contributed by atoms with E-state index in [2.05, 4.69) is 5.32 Å². The van der Waals surface area contributed by atoms with Crippen molar-refractivity contribution in [3.8, 4) is 0 Å². The van der Waals surface area contributed by atoms with Crippen LogP contribution in [0.3, 0.4) is 0 Å². The molecule has 2 fully saturated rings. The number of hydrogen-bond acceptors (Lipinski definition) is 4. The minimum atomic E-state index is -0.655. The average Bonchev–Trinajstić information content (AvgIpc) is 2.73. The second-order valence-corrected chi connectivity index (χ2v) is 4.83. The summed E-state index contributed by atoms with van der Waals surface area (Å²) in [6.07, 6.45) is 3.43. The predicted molar refractivity (Wildman–Crippen MR) is 61.7 cm³/mol. The van der Waals surface area contributed by atoms with Gasteiger partial charge in [-0.3, -0.25) is 0 Å². The first-order valence-electron chi connectivity index (χ1n) is 6.35. The van der Waals surface area contributed by atoms with E-state index in [0.717, 1.165) is 25.7 Å². The SMILES string of the molecule is CCOC(=O)NC1(C)CCCCC12OCCO2. The van der Waals surface area contributed by atoms with Crippen LogP contribution in [0.15, 0.2) is 0 Å². The van der Waals surface area contributed by atoms with Gasteiger partial charge in [0, 0.05) is 6.42 Å². The Labute approximate surface area is 102 Å². The first-order valence-corrected chi connectivity index (χ1v) is 6.35. The molecule has 2 aliphatic rings. The van der Waals surface area contributed by atoms with E-state index in [-0.39, 0.29) is 0 Å². The second kappa shape index (κ2) is 4.82. The van der Waals surface area contributed by atoms with Crippen LogP contribution >= 0.6 is 0 Å². The van der Waals surface area contributed by atoms with E-state index in [1.807, 2.05) is 6.92 Å². The molecule has 1 saturated heterocycles. The molecular weight excluding hydrogens is 222 g/mol. The summed E-state index contributed by atoms with van der Waals surface area (Å²) in [4.78, 5) is 11.6. The summed E-state index contributed by atoms with van der Waals surface area (Å²) >= 11 is 0. The summed E-state index contributed by atoms with van der Waals surface area (Å²) < 4.78 is 16.5. The lowest BCUT2D eigenvalue weighted by atomic mass is 9.77. The molecule has 0 radical (unpaired) electrons. The Bertz CT molecular complexity index is 288. The number of amides is 1. The molecule has 2 rings (SSSR count). The van der Waals surface area contributed by atoms with Crippen LogP contribution in [-0.4, -0.2) is 37.2 Å². The van der Waals surface area contributed by atoms with Gasteiger partial charge in [0.15, 0.2) is 5.79 Å². The molecule has 1 atom stereocenters. The van der Waals surface area contributed by atoms with Gasteiger partial charge in [-0.25, -0.2) is 4.79 Å². The summed E-state index contributed by atoms with van der Waals surface area (Å²) in [5.74, 6) is -0.655. The average molecular weight is 243 g/mol. The van der Waals surface area contributed by atoms with Crippen molar-refractivity contribution in [3.05, 3.63) is 0 Å². The highest BCUT2D eigenvalue weighted by Crippen LogP contribution is 2.43. The maximum atomic E-state index is 11.6. The standard InChI is InChI=1S/C12H21NO4/c1-3-15-10(14)13-11(2)6-4-5-7-12(11)16-8-9-17-12/h3-9H2,1-2H3,(H,13,14). The van der Waals surface area contributed by atoms with Crippen molar-refractivity contribution < 1.29 is 19.0 Å². The molecule has 1 heterocycles. The molecule has 0 aromatic rings. The number of alkyl carbamates (subject to hydrolysis) is 1. The zero-order valence-corrected chi connectivity index (χ0v) is 10.6. The van der Waals surface area contributed by atoms with Gasteiger partial charge in [-0.05, 0) is 26.7 Å². The molecule has 0 aromatic heterocycles. The number of ether oxygens (including phenoxy) is 3. The maximum absolute atomic E-state index is 11.6. The highest BCUT2D eigenvalue weighted by Gasteiger charge is 2.55. The van der Waals surface area contributed by atoms with E-state index in [9.17, 15) is 4.79 Å². The molecule has 5 nitrogen and oxygen atoms in total. The molecule has 98 valence electrons. The quantitative estimate of drug-likeness (QED) is 0.803. The van der Waals surface area contributed by atoms with E-state index >= 15 is 0 Å². The molecule has 1 amide bonds. The normalized spacial score (nSPS) is 31.4. The zero-order chi connectivity index (χ0) is 12.4. The lowest BCUT2D eigenvalue weighted by molar-refractivity contribution is -0.224. The second-order valence-electron chi connectivity index (χ2n) is 4.83. The van der Waals surface area contributed by atoms with E-state index in [0.29, 0.717) is 19.8 Å². The summed E-state index contributed by atoms with van der Waals surface area (Å²) in [5.41, 5.74) is -0.492. The number of carbonyl (C=O) groups is 1. The van der Waals surface area contributed by atoms with Gasteiger partial charge in [-0.15, -0.1) is 0 Å². The lowest BCUT2D eigenvalue weighted by Gasteiger charge is -2.47. The summed E-state index contributed by atoms with van der Waals surface area (Å²) in [6.45, 7) is 5.34. The molecule has 1 aliphatic heterocycles. The molecule has 1 unspecified atom stereocenters. The van der Waals surface area contributed by atoms with Crippen LogP contribution in [0.1, 0.15) is 39.5 Å². The highest BCUT2D eigenvalue weighted by molar-refractivity contribution is 5.68. The molecule has 1 N–H and O–H groups in total. The Morgan fingerprint density at radius 2 is 1.94 bits per heavy atom. The van der Waals surface area contributed by atoms with Gasteiger partial charge in [-0.1, -0.05) is 6.42 Å². The van der Waals surface area contributed by atoms with Gasteiger partial charge in [0.2, 0.25) is 0 Å². The molecule has 0 aromatic carbocycles. The third kappa shape index (κ3) is 2.26. The molecule has 0 bridgehead atoms.